The third-order valence-electron chi connectivity index (χ3n) is 6.93. The Balaban J connectivity index is 1.42. The van der Waals surface area contributed by atoms with Crippen LogP contribution in [0.25, 0.3) is 0 Å². The summed E-state index contributed by atoms with van der Waals surface area (Å²) < 4.78 is 19.9. The summed E-state index contributed by atoms with van der Waals surface area (Å²) in [6, 6.07) is 9.22. The van der Waals surface area contributed by atoms with Crippen molar-refractivity contribution in [3.8, 4) is 0 Å². The standard InChI is InChI=1S/C27H31Cl2FN4O4/c1-16(35)38-19-8-11-34(12-9-19)13-10-22(26(36)32-21-7-6-20(28)24(29)25(21)30)33-27(37)23-14-17-4-2-3-5-18(17)15-31-23/h2-7,19,22-23,31H,8-15H2,1H3,(H,32,36)(H,33,37)/t22?,23-/m0/s1. The topological polar surface area (TPSA) is 99.8 Å². The van der Waals surface area contributed by atoms with E-state index >= 15 is 0 Å². The highest BCUT2D eigenvalue weighted by atomic mass is 35.5. The highest BCUT2D eigenvalue weighted by molar-refractivity contribution is 6.42. The van der Waals surface area contributed by atoms with E-state index in [2.05, 4.69) is 20.9 Å². The summed E-state index contributed by atoms with van der Waals surface area (Å²) in [7, 11) is 0. The second kappa shape index (κ2) is 12.9. The molecule has 2 atom stereocenters. The van der Waals surface area contributed by atoms with Crippen LogP contribution < -0.4 is 16.0 Å². The Labute approximate surface area is 231 Å². The van der Waals surface area contributed by atoms with E-state index < -0.39 is 23.8 Å². The van der Waals surface area contributed by atoms with E-state index in [0.29, 0.717) is 51.9 Å². The third-order valence-corrected chi connectivity index (χ3v) is 7.71. The molecule has 0 bridgehead atoms. The second-order valence-corrected chi connectivity index (χ2v) is 10.4. The molecule has 0 aliphatic carbocycles. The van der Waals surface area contributed by atoms with Gasteiger partial charge in [-0.05, 0) is 48.9 Å². The molecule has 1 unspecified atom stereocenters. The van der Waals surface area contributed by atoms with E-state index in [0.717, 1.165) is 11.1 Å². The summed E-state index contributed by atoms with van der Waals surface area (Å²) in [5, 5.41) is 8.40. The Morgan fingerprint density at radius 3 is 2.55 bits per heavy atom. The molecule has 0 saturated carbocycles. The zero-order chi connectivity index (χ0) is 27.2. The van der Waals surface area contributed by atoms with Gasteiger partial charge in [0.25, 0.3) is 0 Å². The van der Waals surface area contributed by atoms with E-state index in [1.54, 1.807) is 0 Å². The summed E-state index contributed by atoms with van der Waals surface area (Å²) >= 11 is 11.8. The third kappa shape index (κ3) is 7.22. The number of likely N-dealkylation sites (tertiary alicyclic amines) is 1. The van der Waals surface area contributed by atoms with Gasteiger partial charge in [-0.2, -0.15) is 0 Å². The molecule has 38 heavy (non-hydrogen) atoms. The number of rotatable bonds is 8. The van der Waals surface area contributed by atoms with Crippen molar-refractivity contribution in [1.29, 1.82) is 0 Å². The number of benzene rings is 2. The molecule has 2 aliphatic heterocycles. The number of hydrogen-bond donors (Lipinski definition) is 3. The van der Waals surface area contributed by atoms with Crippen molar-refractivity contribution < 1.29 is 23.5 Å². The molecular formula is C27H31Cl2FN4O4. The van der Waals surface area contributed by atoms with Gasteiger partial charge < -0.3 is 25.6 Å². The summed E-state index contributed by atoms with van der Waals surface area (Å²) in [6.07, 6.45) is 2.09. The van der Waals surface area contributed by atoms with Gasteiger partial charge in [0.05, 0.1) is 21.8 Å². The molecule has 2 heterocycles. The molecule has 11 heteroatoms. The van der Waals surface area contributed by atoms with Gasteiger partial charge in [0.1, 0.15) is 12.1 Å². The van der Waals surface area contributed by atoms with Crippen LogP contribution >= 0.6 is 23.2 Å². The fourth-order valence-electron chi connectivity index (χ4n) is 4.82. The van der Waals surface area contributed by atoms with Gasteiger partial charge in [-0.25, -0.2) is 4.39 Å². The summed E-state index contributed by atoms with van der Waals surface area (Å²) in [4.78, 5) is 39.9. The van der Waals surface area contributed by atoms with Crippen molar-refractivity contribution in [2.24, 2.45) is 0 Å². The molecule has 2 aliphatic rings. The number of ether oxygens (including phenoxy) is 1. The fraction of sp³-hybridized carbons (Fsp3) is 0.444. The molecule has 2 aromatic carbocycles. The lowest BCUT2D eigenvalue weighted by molar-refractivity contribution is -0.148. The molecule has 0 spiro atoms. The molecule has 1 saturated heterocycles. The van der Waals surface area contributed by atoms with Crippen LogP contribution in [0.1, 0.15) is 37.3 Å². The highest BCUT2D eigenvalue weighted by Gasteiger charge is 2.30. The average Bonchev–Trinajstić information content (AvgIpc) is 2.91. The van der Waals surface area contributed by atoms with Gasteiger partial charge in [-0.3, -0.25) is 14.4 Å². The SMILES string of the molecule is CC(=O)OC1CCN(CCC(NC(=O)[C@@H]2Cc3ccccc3CN2)C(=O)Nc2ccc(Cl)c(Cl)c2F)CC1. The first kappa shape index (κ1) is 28.3. The lowest BCUT2D eigenvalue weighted by Gasteiger charge is -2.32. The quantitative estimate of drug-likeness (QED) is 0.334. The Morgan fingerprint density at radius 1 is 1.13 bits per heavy atom. The maximum atomic E-state index is 14.6. The Kier molecular flexibility index (Phi) is 9.59. The van der Waals surface area contributed by atoms with E-state index in [1.165, 1.54) is 19.1 Å². The predicted octanol–water partition coefficient (Wildman–Crippen LogP) is 3.69. The lowest BCUT2D eigenvalue weighted by Crippen LogP contribution is -2.54. The van der Waals surface area contributed by atoms with Crippen molar-refractivity contribution >= 4 is 46.7 Å². The molecule has 2 aromatic rings. The zero-order valence-electron chi connectivity index (χ0n) is 21.1. The number of hydrogen-bond acceptors (Lipinski definition) is 6. The molecule has 0 radical (unpaired) electrons. The van der Waals surface area contributed by atoms with E-state index in [4.69, 9.17) is 27.9 Å². The van der Waals surface area contributed by atoms with Crippen LogP contribution in [0.15, 0.2) is 36.4 Å². The van der Waals surface area contributed by atoms with Crippen molar-refractivity contribution in [3.05, 3.63) is 63.4 Å². The second-order valence-electron chi connectivity index (χ2n) is 9.62. The Bertz CT molecular complexity index is 1190. The molecule has 2 amide bonds. The minimum absolute atomic E-state index is 0.0350. The van der Waals surface area contributed by atoms with Crippen molar-refractivity contribution in [3.63, 3.8) is 0 Å². The number of piperidine rings is 1. The minimum Gasteiger partial charge on any atom is -0.462 e. The first-order valence-corrected chi connectivity index (χ1v) is 13.4. The molecule has 0 aromatic heterocycles. The fourth-order valence-corrected chi connectivity index (χ4v) is 5.13. The first-order valence-electron chi connectivity index (χ1n) is 12.7. The Hall–Kier alpha value is -2.72. The van der Waals surface area contributed by atoms with Gasteiger partial charge in [0.15, 0.2) is 5.82 Å². The van der Waals surface area contributed by atoms with Gasteiger partial charge in [-0.15, -0.1) is 0 Å². The van der Waals surface area contributed by atoms with Crippen LogP contribution in [0.4, 0.5) is 10.1 Å². The average molecular weight is 565 g/mol. The van der Waals surface area contributed by atoms with E-state index in [-0.39, 0.29) is 33.7 Å². The van der Waals surface area contributed by atoms with E-state index in [9.17, 15) is 18.8 Å². The highest BCUT2D eigenvalue weighted by Crippen LogP contribution is 2.30. The van der Waals surface area contributed by atoms with Crippen LogP contribution in [-0.2, 0) is 32.1 Å². The molecule has 1 fully saturated rings. The van der Waals surface area contributed by atoms with E-state index in [1.807, 2.05) is 24.3 Å². The number of halogens is 3. The maximum absolute atomic E-state index is 14.6. The van der Waals surface area contributed by atoms with Crippen molar-refractivity contribution in [1.82, 2.24) is 15.5 Å². The van der Waals surface area contributed by atoms with Crippen LogP contribution in [0.5, 0.6) is 0 Å². The van der Waals surface area contributed by atoms with Crippen molar-refractivity contribution in [2.75, 3.05) is 25.0 Å². The van der Waals surface area contributed by atoms with Gasteiger partial charge in [0.2, 0.25) is 11.8 Å². The number of nitrogens with one attached hydrogen (secondary N) is 3. The molecule has 8 nitrogen and oxygen atoms in total. The zero-order valence-corrected chi connectivity index (χ0v) is 22.6. The number of fused-ring (bicyclic) bond motifs is 1. The molecular weight excluding hydrogens is 534 g/mol. The summed E-state index contributed by atoms with van der Waals surface area (Å²) in [5.74, 6) is -1.99. The number of anilines is 1. The Morgan fingerprint density at radius 2 is 1.84 bits per heavy atom. The van der Waals surface area contributed by atoms with Crippen LogP contribution in [0, 0.1) is 5.82 Å². The monoisotopic (exact) mass is 564 g/mol. The number of carbonyl (C=O) groups excluding carboxylic acids is 3. The number of nitrogens with zero attached hydrogens (tertiary/aromatic N) is 1. The van der Waals surface area contributed by atoms with Gasteiger partial charge in [-0.1, -0.05) is 47.5 Å². The van der Waals surface area contributed by atoms with Crippen LogP contribution in [0.3, 0.4) is 0 Å². The lowest BCUT2D eigenvalue weighted by atomic mass is 9.95. The summed E-state index contributed by atoms with van der Waals surface area (Å²) in [6.45, 7) is 3.87. The summed E-state index contributed by atoms with van der Waals surface area (Å²) in [5.41, 5.74) is 2.11. The normalized spacial score (nSPS) is 18.8. The van der Waals surface area contributed by atoms with Crippen LogP contribution in [0.2, 0.25) is 10.0 Å². The minimum atomic E-state index is -0.915. The molecule has 204 valence electrons. The number of amides is 2. The van der Waals surface area contributed by atoms with Gasteiger partial charge in [0, 0.05) is 33.1 Å². The largest absolute Gasteiger partial charge is 0.462 e. The molecule has 4 rings (SSSR count). The predicted molar refractivity (Wildman–Crippen MR) is 144 cm³/mol. The maximum Gasteiger partial charge on any atom is 0.302 e. The molecule has 3 N–H and O–H groups in total. The number of carbonyl (C=O) groups is 3. The first-order chi connectivity index (χ1) is 18.2. The number of esters is 1. The van der Waals surface area contributed by atoms with Crippen LogP contribution in [-0.4, -0.2) is 60.5 Å². The van der Waals surface area contributed by atoms with Gasteiger partial charge >= 0.3 is 5.97 Å². The smallest absolute Gasteiger partial charge is 0.302 e. The van der Waals surface area contributed by atoms with Crippen molar-refractivity contribution in [2.45, 2.75) is 57.3 Å².